The van der Waals surface area contributed by atoms with Gasteiger partial charge in [-0.15, -0.1) is 11.3 Å². The van der Waals surface area contributed by atoms with Crippen LogP contribution in [0.15, 0.2) is 24.3 Å². The molecule has 4 rings (SSSR count). The second kappa shape index (κ2) is 3.11. The molecular weight excluding hydrogens is 214 g/mol. The number of benzene rings is 1. The molecule has 0 unspecified atom stereocenters. The molecule has 2 heteroatoms. The zero-order valence-electron chi connectivity index (χ0n) is 9.05. The third-order valence-electron chi connectivity index (χ3n) is 3.63. The van der Waals surface area contributed by atoms with Crippen LogP contribution >= 0.6 is 11.3 Å². The molecule has 0 radical (unpaired) electrons. The van der Waals surface area contributed by atoms with Crippen LogP contribution in [0.2, 0.25) is 0 Å². The molecule has 0 bridgehead atoms. The number of aryl methyl sites for hydroxylation is 2. The maximum Gasteiger partial charge on any atom is 0.101 e. The smallest absolute Gasteiger partial charge is 0.101 e. The first-order valence-electron chi connectivity index (χ1n) is 5.94. The third-order valence-corrected chi connectivity index (χ3v) is 4.72. The summed E-state index contributed by atoms with van der Waals surface area (Å²) in [6.45, 7) is 0. The first-order valence-corrected chi connectivity index (χ1v) is 6.76. The van der Waals surface area contributed by atoms with Crippen molar-refractivity contribution in [2.75, 3.05) is 0 Å². The Morgan fingerprint density at radius 1 is 1.06 bits per heavy atom. The van der Waals surface area contributed by atoms with Crippen LogP contribution in [0.3, 0.4) is 0 Å². The van der Waals surface area contributed by atoms with Crippen molar-refractivity contribution in [1.29, 1.82) is 0 Å². The van der Waals surface area contributed by atoms with Crippen molar-refractivity contribution < 1.29 is 0 Å². The topological polar surface area (TPSA) is 15.8 Å². The summed E-state index contributed by atoms with van der Waals surface area (Å²) in [6.07, 6.45) is 5.20. The highest BCUT2D eigenvalue weighted by atomic mass is 32.1. The molecule has 2 heterocycles. The average Bonchev–Trinajstić information content (AvgIpc) is 2.83. The standard InChI is InChI=1S/C14H13NS/c1-3-7-11-9(5-1)13-10-6-2-4-8-12(10)16-14(13)15-11/h2,4,6,8,15H,1,3,5,7H2. The Bertz CT molecular complexity index is 674. The molecule has 2 aromatic heterocycles. The van der Waals surface area contributed by atoms with Gasteiger partial charge >= 0.3 is 0 Å². The van der Waals surface area contributed by atoms with E-state index in [9.17, 15) is 0 Å². The van der Waals surface area contributed by atoms with E-state index in [0.717, 1.165) is 0 Å². The lowest BCUT2D eigenvalue weighted by atomic mass is 9.95. The highest BCUT2D eigenvalue weighted by molar-refractivity contribution is 7.25. The summed E-state index contributed by atoms with van der Waals surface area (Å²) in [7, 11) is 0. The molecule has 1 aliphatic carbocycles. The van der Waals surface area contributed by atoms with Crippen molar-refractivity contribution in [1.82, 2.24) is 4.98 Å². The molecule has 16 heavy (non-hydrogen) atoms. The summed E-state index contributed by atoms with van der Waals surface area (Å²) in [5.74, 6) is 0. The van der Waals surface area contributed by atoms with Crippen molar-refractivity contribution in [3.05, 3.63) is 35.5 Å². The van der Waals surface area contributed by atoms with Gasteiger partial charge in [0.25, 0.3) is 0 Å². The predicted molar refractivity (Wildman–Crippen MR) is 70.3 cm³/mol. The lowest BCUT2D eigenvalue weighted by Crippen LogP contribution is -2.00. The minimum atomic E-state index is 1.24. The van der Waals surface area contributed by atoms with Crippen LogP contribution in [0.1, 0.15) is 24.1 Å². The number of hydrogen-bond acceptors (Lipinski definition) is 1. The molecule has 3 aromatic rings. The number of aromatic amines is 1. The number of rotatable bonds is 0. The van der Waals surface area contributed by atoms with Gasteiger partial charge in [0.2, 0.25) is 0 Å². The highest BCUT2D eigenvalue weighted by Crippen LogP contribution is 2.39. The van der Waals surface area contributed by atoms with E-state index in [1.54, 1.807) is 5.56 Å². The zero-order valence-corrected chi connectivity index (χ0v) is 9.86. The molecular formula is C14H13NS. The van der Waals surface area contributed by atoms with Crippen molar-refractivity contribution in [3.63, 3.8) is 0 Å². The molecule has 0 spiro atoms. The van der Waals surface area contributed by atoms with Crippen LogP contribution in [0.25, 0.3) is 20.3 Å². The van der Waals surface area contributed by atoms with Crippen molar-refractivity contribution in [2.24, 2.45) is 0 Å². The largest absolute Gasteiger partial charge is 0.350 e. The number of aromatic nitrogens is 1. The van der Waals surface area contributed by atoms with E-state index < -0.39 is 0 Å². The lowest BCUT2D eigenvalue weighted by Gasteiger charge is -2.10. The van der Waals surface area contributed by atoms with Crippen molar-refractivity contribution in [3.8, 4) is 0 Å². The predicted octanol–water partition coefficient (Wildman–Crippen LogP) is 4.26. The second-order valence-electron chi connectivity index (χ2n) is 4.59. The molecule has 0 saturated heterocycles. The van der Waals surface area contributed by atoms with E-state index in [0.29, 0.717) is 0 Å². The van der Waals surface area contributed by atoms with Gasteiger partial charge < -0.3 is 4.98 Å². The SMILES string of the molecule is c1ccc2c(c1)sc1[nH]c3c(c12)CCCC3. The molecule has 80 valence electrons. The first kappa shape index (κ1) is 8.82. The first-order chi connectivity index (χ1) is 7.93. The number of thiophene rings is 1. The number of fused-ring (bicyclic) bond motifs is 5. The normalized spacial score (nSPS) is 15.8. The minimum Gasteiger partial charge on any atom is -0.350 e. The molecule has 1 aliphatic rings. The Morgan fingerprint density at radius 2 is 1.94 bits per heavy atom. The molecule has 1 N–H and O–H groups in total. The van der Waals surface area contributed by atoms with E-state index >= 15 is 0 Å². The van der Waals surface area contributed by atoms with Gasteiger partial charge in [0.15, 0.2) is 0 Å². The molecule has 1 nitrogen and oxygen atoms in total. The van der Waals surface area contributed by atoms with Crippen molar-refractivity contribution >= 4 is 31.6 Å². The van der Waals surface area contributed by atoms with Gasteiger partial charge in [-0.2, -0.15) is 0 Å². The van der Waals surface area contributed by atoms with E-state index in [-0.39, 0.29) is 0 Å². The molecule has 0 saturated carbocycles. The van der Waals surface area contributed by atoms with Gasteiger partial charge in [0.05, 0.1) is 0 Å². The molecule has 0 atom stereocenters. The molecule has 0 fully saturated rings. The number of hydrogen-bond donors (Lipinski definition) is 1. The van der Waals surface area contributed by atoms with Gasteiger partial charge in [0, 0.05) is 21.2 Å². The highest BCUT2D eigenvalue weighted by Gasteiger charge is 2.18. The van der Waals surface area contributed by atoms with Gasteiger partial charge in [-0.25, -0.2) is 0 Å². The fourth-order valence-electron chi connectivity index (χ4n) is 2.89. The van der Waals surface area contributed by atoms with Crippen LogP contribution < -0.4 is 0 Å². The fraction of sp³-hybridized carbons (Fsp3) is 0.286. The van der Waals surface area contributed by atoms with Crippen LogP contribution in [0, 0.1) is 0 Å². The summed E-state index contributed by atoms with van der Waals surface area (Å²) in [6, 6.07) is 8.76. The number of H-pyrrole nitrogens is 1. The lowest BCUT2D eigenvalue weighted by molar-refractivity contribution is 0.680. The van der Waals surface area contributed by atoms with Crippen molar-refractivity contribution in [2.45, 2.75) is 25.7 Å². The van der Waals surface area contributed by atoms with Gasteiger partial charge in [-0.1, -0.05) is 18.2 Å². The monoisotopic (exact) mass is 227 g/mol. The van der Waals surface area contributed by atoms with Crippen LogP contribution in [-0.4, -0.2) is 4.98 Å². The summed E-state index contributed by atoms with van der Waals surface area (Å²) in [5, 5.41) is 2.96. The van der Waals surface area contributed by atoms with Crippen LogP contribution in [0.5, 0.6) is 0 Å². The zero-order chi connectivity index (χ0) is 10.5. The Hall–Kier alpha value is -1.28. The molecule has 0 amide bonds. The Balaban J connectivity index is 2.18. The summed E-state index contributed by atoms with van der Waals surface area (Å²) < 4.78 is 1.41. The molecule has 1 aromatic carbocycles. The second-order valence-corrected chi connectivity index (χ2v) is 5.64. The third kappa shape index (κ3) is 1.05. The minimum absolute atomic E-state index is 1.24. The number of nitrogens with one attached hydrogen (secondary N) is 1. The maximum atomic E-state index is 3.62. The Morgan fingerprint density at radius 3 is 2.94 bits per heavy atom. The van der Waals surface area contributed by atoms with E-state index in [1.165, 1.54) is 51.7 Å². The van der Waals surface area contributed by atoms with Crippen LogP contribution in [-0.2, 0) is 12.8 Å². The average molecular weight is 227 g/mol. The quantitative estimate of drug-likeness (QED) is 0.590. The Kier molecular flexibility index (Phi) is 1.71. The van der Waals surface area contributed by atoms with E-state index in [4.69, 9.17) is 0 Å². The summed E-state index contributed by atoms with van der Waals surface area (Å²) in [5.41, 5.74) is 3.09. The van der Waals surface area contributed by atoms with Gasteiger partial charge in [0.1, 0.15) is 4.83 Å². The summed E-state index contributed by atoms with van der Waals surface area (Å²) >= 11 is 1.90. The van der Waals surface area contributed by atoms with E-state index in [2.05, 4.69) is 29.2 Å². The summed E-state index contributed by atoms with van der Waals surface area (Å²) in [4.78, 5) is 5.01. The Labute approximate surface area is 98.1 Å². The van der Waals surface area contributed by atoms with E-state index in [1.807, 2.05) is 11.3 Å². The maximum absolute atomic E-state index is 3.62. The van der Waals surface area contributed by atoms with Crippen LogP contribution in [0.4, 0.5) is 0 Å². The van der Waals surface area contributed by atoms with Gasteiger partial charge in [-0.05, 0) is 37.3 Å². The molecule has 0 aliphatic heterocycles. The fourth-order valence-corrected chi connectivity index (χ4v) is 4.05. The van der Waals surface area contributed by atoms with Gasteiger partial charge in [-0.3, -0.25) is 0 Å².